The first kappa shape index (κ1) is 12.9. The van der Waals surface area contributed by atoms with E-state index in [1.54, 1.807) is 6.07 Å². The van der Waals surface area contributed by atoms with Crippen molar-refractivity contribution in [1.82, 2.24) is 0 Å². The maximum Gasteiger partial charge on any atom is 0.337 e. The molecule has 0 bridgehead atoms. The zero-order chi connectivity index (χ0) is 13.1. The van der Waals surface area contributed by atoms with Gasteiger partial charge in [0.15, 0.2) is 0 Å². The Morgan fingerprint density at radius 3 is 2.83 bits per heavy atom. The van der Waals surface area contributed by atoms with Crippen LogP contribution in [-0.4, -0.2) is 28.8 Å². The lowest BCUT2D eigenvalue weighted by molar-refractivity contribution is 0.0697. The predicted octanol–water partition coefficient (Wildman–Crippen LogP) is 2.27. The van der Waals surface area contributed by atoms with Gasteiger partial charge < -0.3 is 15.5 Å². The molecule has 2 unspecified atom stereocenters. The fourth-order valence-corrected chi connectivity index (χ4v) is 2.48. The molecule has 1 aliphatic rings. The van der Waals surface area contributed by atoms with Crippen LogP contribution in [-0.2, 0) is 0 Å². The molecule has 1 aromatic carbocycles. The summed E-state index contributed by atoms with van der Waals surface area (Å²) in [5, 5.41) is 21.8. The molecule has 3 N–H and O–H groups in total. The van der Waals surface area contributed by atoms with Gasteiger partial charge >= 0.3 is 5.97 Å². The number of anilines is 1. The van der Waals surface area contributed by atoms with E-state index in [1.807, 2.05) is 19.1 Å². The van der Waals surface area contributed by atoms with Crippen molar-refractivity contribution in [3.63, 3.8) is 0 Å². The first-order chi connectivity index (χ1) is 8.56. The van der Waals surface area contributed by atoms with E-state index in [-0.39, 0.29) is 6.10 Å². The monoisotopic (exact) mass is 249 g/mol. The van der Waals surface area contributed by atoms with Gasteiger partial charge in [-0.1, -0.05) is 11.6 Å². The number of rotatable bonds is 4. The number of hydrogen-bond acceptors (Lipinski definition) is 3. The summed E-state index contributed by atoms with van der Waals surface area (Å²) in [7, 11) is 0. The average Bonchev–Trinajstić information content (AvgIpc) is 2.73. The summed E-state index contributed by atoms with van der Waals surface area (Å²) in [6.45, 7) is 2.60. The van der Waals surface area contributed by atoms with Crippen molar-refractivity contribution < 1.29 is 15.0 Å². The molecule has 0 heterocycles. The van der Waals surface area contributed by atoms with Gasteiger partial charge in [-0.2, -0.15) is 0 Å². The van der Waals surface area contributed by atoms with Crippen molar-refractivity contribution in [2.24, 2.45) is 5.92 Å². The van der Waals surface area contributed by atoms with Gasteiger partial charge in [0.05, 0.1) is 11.7 Å². The van der Waals surface area contributed by atoms with Crippen molar-refractivity contribution >= 4 is 11.7 Å². The predicted molar refractivity (Wildman–Crippen MR) is 70.0 cm³/mol. The molecule has 0 spiro atoms. The third kappa shape index (κ3) is 3.01. The summed E-state index contributed by atoms with van der Waals surface area (Å²) >= 11 is 0. The van der Waals surface area contributed by atoms with Gasteiger partial charge in [0.25, 0.3) is 0 Å². The van der Waals surface area contributed by atoms with Crippen molar-refractivity contribution in [2.45, 2.75) is 32.3 Å². The van der Waals surface area contributed by atoms with E-state index in [0.29, 0.717) is 17.2 Å². The summed E-state index contributed by atoms with van der Waals surface area (Å²) < 4.78 is 0. The Hall–Kier alpha value is -1.55. The van der Waals surface area contributed by atoms with Gasteiger partial charge in [-0.25, -0.2) is 4.79 Å². The first-order valence-electron chi connectivity index (χ1n) is 6.32. The molecule has 2 atom stereocenters. The lowest BCUT2D eigenvalue weighted by Gasteiger charge is -2.14. The number of benzene rings is 1. The summed E-state index contributed by atoms with van der Waals surface area (Å²) in [5.74, 6) is -0.476. The number of aliphatic hydroxyl groups excluding tert-OH is 1. The number of carboxylic acids is 1. The Morgan fingerprint density at radius 2 is 2.22 bits per heavy atom. The number of nitrogens with one attached hydrogen (secondary N) is 1. The summed E-state index contributed by atoms with van der Waals surface area (Å²) in [5.41, 5.74) is 1.91. The molecule has 98 valence electrons. The van der Waals surface area contributed by atoms with Gasteiger partial charge in [0.1, 0.15) is 0 Å². The normalized spacial score (nSPS) is 23.0. The van der Waals surface area contributed by atoms with Gasteiger partial charge in [0.2, 0.25) is 0 Å². The molecule has 1 saturated carbocycles. The second-order valence-electron chi connectivity index (χ2n) is 5.07. The van der Waals surface area contributed by atoms with Crippen LogP contribution < -0.4 is 5.32 Å². The minimum Gasteiger partial charge on any atom is -0.478 e. The van der Waals surface area contributed by atoms with E-state index in [4.69, 9.17) is 5.11 Å². The van der Waals surface area contributed by atoms with E-state index in [0.717, 1.165) is 31.4 Å². The maximum atomic E-state index is 11.1. The number of carboxylic acid groups (broad SMARTS) is 1. The fourth-order valence-electron chi connectivity index (χ4n) is 2.48. The fraction of sp³-hybridized carbons (Fsp3) is 0.500. The number of hydrogen-bond donors (Lipinski definition) is 3. The molecule has 18 heavy (non-hydrogen) atoms. The molecule has 4 heteroatoms. The van der Waals surface area contributed by atoms with Gasteiger partial charge in [-0.15, -0.1) is 0 Å². The molecule has 1 fully saturated rings. The Labute approximate surface area is 107 Å². The number of aromatic carboxylic acids is 1. The molecule has 0 saturated heterocycles. The minimum absolute atomic E-state index is 0.186. The second kappa shape index (κ2) is 5.40. The van der Waals surface area contributed by atoms with Crippen LogP contribution >= 0.6 is 0 Å². The third-order valence-electron chi connectivity index (χ3n) is 3.50. The maximum absolute atomic E-state index is 11.1. The van der Waals surface area contributed by atoms with Crippen LogP contribution in [0.25, 0.3) is 0 Å². The van der Waals surface area contributed by atoms with E-state index in [9.17, 15) is 9.90 Å². The quantitative estimate of drug-likeness (QED) is 0.765. The molecular weight excluding hydrogens is 230 g/mol. The van der Waals surface area contributed by atoms with Crippen LogP contribution in [0.5, 0.6) is 0 Å². The largest absolute Gasteiger partial charge is 0.478 e. The zero-order valence-corrected chi connectivity index (χ0v) is 10.5. The van der Waals surface area contributed by atoms with Crippen LogP contribution in [0.4, 0.5) is 5.69 Å². The summed E-state index contributed by atoms with van der Waals surface area (Å²) in [4.78, 5) is 11.1. The average molecular weight is 249 g/mol. The standard InChI is InChI=1S/C14H19NO3/c1-9-2-5-13(12(6-9)14(17)18)15-8-10-3-4-11(16)7-10/h2,5-6,10-11,15-16H,3-4,7-8H2,1H3,(H,17,18). The van der Waals surface area contributed by atoms with Crippen molar-refractivity contribution in [1.29, 1.82) is 0 Å². The van der Waals surface area contributed by atoms with Crippen LogP contribution in [0.2, 0.25) is 0 Å². The molecule has 0 radical (unpaired) electrons. The highest BCUT2D eigenvalue weighted by Gasteiger charge is 2.22. The van der Waals surface area contributed by atoms with E-state index in [1.165, 1.54) is 0 Å². The molecule has 2 rings (SSSR count). The zero-order valence-electron chi connectivity index (χ0n) is 10.5. The highest BCUT2D eigenvalue weighted by Crippen LogP contribution is 2.26. The van der Waals surface area contributed by atoms with Crippen LogP contribution in [0.15, 0.2) is 18.2 Å². The van der Waals surface area contributed by atoms with Gasteiger partial charge in [0, 0.05) is 12.2 Å². The Bertz CT molecular complexity index is 445. The van der Waals surface area contributed by atoms with Gasteiger partial charge in [-0.05, 0) is 44.2 Å². The van der Waals surface area contributed by atoms with E-state index in [2.05, 4.69) is 5.32 Å². The number of aryl methyl sites for hydroxylation is 1. The van der Waals surface area contributed by atoms with Gasteiger partial charge in [-0.3, -0.25) is 0 Å². The second-order valence-corrected chi connectivity index (χ2v) is 5.07. The topological polar surface area (TPSA) is 69.6 Å². The summed E-state index contributed by atoms with van der Waals surface area (Å²) in [6, 6.07) is 5.39. The molecule has 0 amide bonds. The molecule has 0 aromatic heterocycles. The van der Waals surface area contributed by atoms with Crippen molar-refractivity contribution in [2.75, 3.05) is 11.9 Å². The summed E-state index contributed by atoms with van der Waals surface area (Å²) in [6.07, 6.45) is 2.48. The molecule has 1 aliphatic carbocycles. The SMILES string of the molecule is Cc1ccc(NCC2CCC(O)C2)c(C(=O)O)c1. The van der Waals surface area contributed by atoms with Crippen LogP contribution in [0.3, 0.4) is 0 Å². The van der Waals surface area contributed by atoms with Crippen molar-refractivity contribution in [3.05, 3.63) is 29.3 Å². The van der Waals surface area contributed by atoms with Crippen molar-refractivity contribution in [3.8, 4) is 0 Å². The highest BCUT2D eigenvalue weighted by atomic mass is 16.4. The molecule has 0 aliphatic heterocycles. The highest BCUT2D eigenvalue weighted by molar-refractivity contribution is 5.94. The Kier molecular flexibility index (Phi) is 3.87. The molecule has 4 nitrogen and oxygen atoms in total. The van der Waals surface area contributed by atoms with E-state index < -0.39 is 5.97 Å². The lowest BCUT2D eigenvalue weighted by atomic mass is 10.1. The third-order valence-corrected chi connectivity index (χ3v) is 3.50. The first-order valence-corrected chi connectivity index (χ1v) is 6.32. The molecule has 1 aromatic rings. The Balaban J connectivity index is 2.02. The number of carbonyl (C=O) groups is 1. The van der Waals surface area contributed by atoms with Crippen LogP contribution in [0, 0.1) is 12.8 Å². The number of aliphatic hydroxyl groups is 1. The Morgan fingerprint density at radius 1 is 1.44 bits per heavy atom. The molecular formula is C14H19NO3. The smallest absolute Gasteiger partial charge is 0.337 e. The lowest BCUT2D eigenvalue weighted by Crippen LogP contribution is -2.14. The van der Waals surface area contributed by atoms with Crippen LogP contribution in [0.1, 0.15) is 35.2 Å². The minimum atomic E-state index is -0.910. The van der Waals surface area contributed by atoms with E-state index >= 15 is 0 Å².